The number of aryl methyl sites for hydroxylation is 2. The van der Waals surface area contributed by atoms with Gasteiger partial charge in [-0.05, 0) is 52.1 Å². The molecule has 0 spiro atoms. The summed E-state index contributed by atoms with van der Waals surface area (Å²) >= 11 is 0. The van der Waals surface area contributed by atoms with Crippen LogP contribution in [0.3, 0.4) is 0 Å². The molecule has 0 aliphatic carbocycles. The molecule has 29 heavy (non-hydrogen) atoms. The van der Waals surface area contributed by atoms with Crippen molar-refractivity contribution in [3.63, 3.8) is 0 Å². The summed E-state index contributed by atoms with van der Waals surface area (Å²) in [5.74, 6) is -0.222. The molecule has 0 N–H and O–H groups in total. The van der Waals surface area contributed by atoms with Crippen LogP contribution in [0.25, 0.3) is 21.9 Å². The summed E-state index contributed by atoms with van der Waals surface area (Å²) in [6, 6.07) is 8.16. The van der Waals surface area contributed by atoms with E-state index >= 15 is 0 Å². The zero-order chi connectivity index (χ0) is 21.1. The van der Waals surface area contributed by atoms with Gasteiger partial charge in [0.25, 0.3) is 0 Å². The molecule has 0 atom stereocenters. The highest BCUT2D eigenvalue weighted by atomic mass is 19.1. The molecule has 0 fully saturated rings. The number of hydrogen-bond acceptors (Lipinski definition) is 2. The van der Waals surface area contributed by atoms with E-state index in [1.54, 1.807) is 17.0 Å². The topological polar surface area (TPSA) is 35.6 Å². The molecule has 152 valence electrons. The third kappa shape index (κ3) is 3.43. The number of imidazole rings is 1. The molecular weight excluding hydrogens is 363 g/mol. The second-order valence-electron chi connectivity index (χ2n) is 9.86. The Morgan fingerprint density at radius 2 is 1.62 bits per heavy atom. The quantitative estimate of drug-likeness (QED) is 0.467. The Morgan fingerprint density at radius 1 is 0.931 bits per heavy atom. The zero-order valence-electron chi connectivity index (χ0n) is 18.3. The molecule has 2 aromatic heterocycles. The maximum atomic E-state index is 14.8. The molecule has 4 nitrogen and oxygen atoms in total. The lowest BCUT2D eigenvalue weighted by molar-refractivity contribution is 0.516. The van der Waals surface area contributed by atoms with E-state index in [-0.39, 0.29) is 16.6 Å². The van der Waals surface area contributed by atoms with E-state index in [1.807, 2.05) is 24.8 Å². The minimum absolute atomic E-state index is 0.0313. The summed E-state index contributed by atoms with van der Waals surface area (Å²) in [5.41, 5.74) is 5.50. The van der Waals surface area contributed by atoms with Crippen molar-refractivity contribution in [1.29, 1.82) is 0 Å². The van der Waals surface area contributed by atoms with Crippen LogP contribution in [0.1, 0.15) is 51.3 Å². The Balaban J connectivity index is 1.83. The van der Waals surface area contributed by atoms with Crippen LogP contribution in [-0.4, -0.2) is 19.3 Å². The van der Waals surface area contributed by atoms with Gasteiger partial charge in [0, 0.05) is 25.7 Å². The van der Waals surface area contributed by atoms with Crippen molar-refractivity contribution in [3.05, 3.63) is 59.3 Å². The maximum Gasteiger partial charge on any atom is 0.149 e. The molecular formula is C24H29FN4. The van der Waals surface area contributed by atoms with Crippen LogP contribution in [0.5, 0.6) is 0 Å². The minimum atomic E-state index is -0.258. The lowest BCUT2D eigenvalue weighted by atomic mass is 9.77. The van der Waals surface area contributed by atoms with E-state index in [2.05, 4.69) is 63.0 Å². The van der Waals surface area contributed by atoms with Gasteiger partial charge in [-0.15, -0.1) is 0 Å². The Bertz CT molecular complexity index is 1220. The van der Waals surface area contributed by atoms with Gasteiger partial charge >= 0.3 is 0 Å². The number of fused-ring (bicyclic) bond motifs is 2. The highest BCUT2D eigenvalue weighted by molar-refractivity contribution is 5.83. The highest BCUT2D eigenvalue weighted by Gasteiger charge is 2.26. The summed E-state index contributed by atoms with van der Waals surface area (Å²) in [5, 5.41) is 5.81. The molecule has 2 heterocycles. The van der Waals surface area contributed by atoms with Crippen LogP contribution in [-0.2, 0) is 31.3 Å². The standard InChI is InChI=1S/C24H29FN4/c1-23(2,3)16-8-15(18-13-29(7)27-20(18)10-16)12-24(4,5)17-9-19(25)22-21(11-17)26-14-28(22)6/h8-11,13-14H,12H2,1-7H3. The molecule has 2 aromatic carbocycles. The first kappa shape index (κ1) is 19.6. The highest BCUT2D eigenvalue weighted by Crippen LogP contribution is 2.35. The van der Waals surface area contributed by atoms with Crippen LogP contribution in [0.4, 0.5) is 4.39 Å². The average Bonchev–Trinajstić information content (AvgIpc) is 3.16. The van der Waals surface area contributed by atoms with Crippen LogP contribution in [0.15, 0.2) is 36.8 Å². The Hall–Kier alpha value is -2.69. The van der Waals surface area contributed by atoms with Gasteiger partial charge in [0.05, 0.1) is 17.4 Å². The van der Waals surface area contributed by atoms with E-state index in [0.717, 1.165) is 22.9 Å². The number of benzene rings is 2. The molecule has 0 unspecified atom stereocenters. The summed E-state index contributed by atoms with van der Waals surface area (Å²) in [6.45, 7) is 11.0. The van der Waals surface area contributed by atoms with Gasteiger partial charge in [0.1, 0.15) is 11.3 Å². The molecule has 0 aliphatic heterocycles. The van der Waals surface area contributed by atoms with E-state index in [9.17, 15) is 4.39 Å². The molecule has 0 saturated carbocycles. The largest absolute Gasteiger partial charge is 0.331 e. The molecule has 4 rings (SSSR count). The van der Waals surface area contributed by atoms with Gasteiger partial charge in [-0.25, -0.2) is 9.37 Å². The predicted molar refractivity (Wildman–Crippen MR) is 117 cm³/mol. The monoisotopic (exact) mass is 392 g/mol. The van der Waals surface area contributed by atoms with Crippen LogP contribution in [0.2, 0.25) is 0 Å². The van der Waals surface area contributed by atoms with Crippen molar-refractivity contribution < 1.29 is 4.39 Å². The van der Waals surface area contributed by atoms with Crippen molar-refractivity contribution in [1.82, 2.24) is 19.3 Å². The zero-order valence-corrected chi connectivity index (χ0v) is 18.3. The number of hydrogen-bond donors (Lipinski definition) is 0. The van der Waals surface area contributed by atoms with Crippen LogP contribution in [0, 0.1) is 5.82 Å². The van der Waals surface area contributed by atoms with Crippen LogP contribution < -0.4 is 0 Å². The van der Waals surface area contributed by atoms with Gasteiger partial charge < -0.3 is 4.57 Å². The van der Waals surface area contributed by atoms with E-state index < -0.39 is 0 Å². The smallest absolute Gasteiger partial charge is 0.149 e. The van der Waals surface area contributed by atoms with E-state index in [0.29, 0.717) is 11.0 Å². The molecule has 0 amide bonds. The lowest BCUT2D eigenvalue weighted by Gasteiger charge is -2.27. The molecule has 5 heteroatoms. The normalized spacial score (nSPS) is 13.0. The molecule has 0 radical (unpaired) electrons. The lowest BCUT2D eigenvalue weighted by Crippen LogP contribution is -2.22. The summed E-state index contributed by atoms with van der Waals surface area (Å²) in [6.07, 6.45) is 4.53. The van der Waals surface area contributed by atoms with Crippen molar-refractivity contribution in [2.45, 2.75) is 51.9 Å². The maximum absolute atomic E-state index is 14.8. The van der Waals surface area contributed by atoms with Crippen molar-refractivity contribution in [3.8, 4) is 0 Å². The molecule has 0 aliphatic rings. The van der Waals surface area contributed by atoms with Crippen molar-refractivity contribution in [2.24, 2.45) is 14.1 Å². The SMILES string of the molecule is Cn1cc2c(CC(C)(C)c3cc(F)c4c(c3)ncn4C)cc(C(C)(C)C)cc2n1. The minimum Gasteiger partial charge on any atom is -0.331 e. The number of halogens is 1. The number of aromatic nitrogens is 4. The molecule has 4 aromatic rings. The predicted octanol–water partition coefficient (Wildman–Crippen LogP) is 5.42. The fraction of sp³-hybridized carbons (Fsp3) is 0.417. The van der Waals surface area contributed by atoms with E-state index in [1.165, 1.54) is 11.1 Å². The fourth-order valence-electron chi connectivity index (χ4n) is 4.10. The van der Waals surface area contributed by atoms with Gasteiger partial charge in [-0.1, -0.05) is 40.7 Å². The Labute approximate surface area is 171 Å². The van der Waals surface area contributed by atoms with Crippen molar-refractivity contribution in [2.75, 3.05) is 0 Å². The number of nitrogens with zero attached hydrogens (tertiary/aromatic N) is 4. The fourth-order valence-corrected chi connectivity index (χ4v) is 4.10. The Kier molecular flexibility index (Phi) is 4.34. The van der Waals surface area contributed by atoms with Gasteiger partial charge in [-0.2, -0.15) is 5.10 Å². The average molecular weight is 393 g/mol. The van der Waals surface area contributed by atoms with Gasteiger partial charge in [-0.3, -0.25) is 4.68 Å². The second-order valence-corrected chi connectivity index (χ2v) is 9.86. The molecule has 0 bridgehead atoms. The number of rotatable bonds is 3. The van der Waals surface area contributed by atoms with Gasteiger partial charge in [0.15, 0.2) is 0 Å². The third-order valence-electron chi connectivity index (χ3n) is 5.87. The summed E-state index contributed by atoms with van der Waals surface area (Å²) in [7, 11) is 3.77. The Morgan fingerprint density at radius 3 is 2.31 bits per heavy atom. The summed E-state index contributed by atoms with van der Waals surface area (Å²) < 4.78 is 18.4. The van der Waals surface area contributed by atoms with Crippen molar-refractivity contribution >= 4 is 21.9 Å². The summed E-state index contributed by atoms with van der Waals surface area (Å²) in [4.78, 5) is 4.37. The second kappa shape index (κ2) is 6.41. The first-order valence-corrected chi connectivity index (χ1v) is 10.0. The van der Waals surface area contributed by atoms with Gasteiger partial charge in [0.2, 0.25) is 0 Å². The first-order chi connectivity index (χ1) is 13.5. The molecule has 0 saturated heterocycles. The van der Waals surface area contributed by atoms with Crippen LogP contribution >= 0.6 is 0 Å². The third-order valence-corrected chi connectivity index (χ3v) is 5.87. The van der Waals surface area contributed by atoms with E-state index in [4.69, 9.17) is 0 Å². The first-order valence-electron chi connectivity index (χ1n) is 10.0.